The van der Waals surface area contributed by atoms with Crippen molar-refractivity contribution in [3.63, 3.8) is 0 Å². The van der Waals surface area contributed by atoms with Gasteiger partial charge in [0.15, 0.2) is 4.67 Å². The van der Waals surface area contributed by atoms with E-state index in [0.717, 1.165) is 17.3 Å². The Hall–Kier alpha value is -1.65. The van der Waals surface area contributed by atoms with Crippen LogP contribution in [0.4, 0.5) is 0 Å². The van der Waals surface area contributed by atoms with Gasteiger partial charge in [0.1, 0.15) is 4.90 Å². The summed E-state index contributed by atoms with van der Waals surface area (Å²) >= 11 is 2.90. The van der Waals surface area contributed by atoms with Gasteiger partial charge in [-0.15, -0.1) is 0 Å². The number of hydrogen-bond acceptors (Lipinski definition) is 5. The largest absolute Gasteiger partial charge is 0.475 e. The highest BCUT2D eigenvalue weighted by Crippen LogP contribution is 2.26. The average Bonchev–Trinajstić information content (AvgIpc) is 2.93. The van der Waals surface area contributed by atoms with Crippen molar-refractivity contribution in [1.82, 2.24) is 14.5 Å². The predicted octanol–water partition coefficient (Wildman–Crippen LogP) is 1.26. The third kappa shape index (κ3) is 3.17. The minimum Gasteiger partial charge on any atom is -0.475 e. The van der Waals surface area contributed by atoms with Crippen molar-refractivity contribution in [3.05, 3.63) is 34.0 Å². The number of sulfonamides is 1. The normalized spacial score (nSPS) is 11.8. The van der Waals surface area contributed by atoms with E-state index in [1.54, 1.807) is 17.9 Å². The van der Waals surface area contributed by atoms with Gasteiger partial charge < -0.3 is 9.52 Å². The summed E-state index contributed by atoms with van der Waals surface area (Å²) < 4.78 is 33.0. The standard InChI is InChI=1S/C11H12BrN3O5S/c1-6-7(4-13-15(6)2)5-14-21(18,19)9-3-8(11(16)17)20-10(9)12/h3-4,14H,5H2,1-2H3,(H,16,17). The van der Waals surface area contributed by atoms with Gasteiger partial charge in [-0.1, -0.05) is 0 Å². The molecule has 10 heteroatoms. The molecule has 2 aromatic heterocycles. The van der Waals surface area contributed by atoms with Crippen LogP contribution in [-0.4, -0.2) is 29.3 Å². The number of carboxylic acids is 1. The van der Waals surface area contributed by atoms with E-state index in [2.05, 4.69) is 25.8 Å². The Labute approximate surface area is 128 Å². The molecular weight excluding hydrogens is 366 g/mol. The third-order valence-corrected chi connectivity index (χ3v) is 5.20. The van der Waals surface area contributed by atoms with Crippen molar-refractivity contribution in [1.29, 1.82) is 0 Å². The van der Waals surface area contributed by atoms with Crippen molar-refractivity contribution >= 4 is 31.9 Å². The van der Waals surface area contributed by atoms with Crippen LogP contribution in [0.25, 0.3) is 0 Å². The predicted molar refractivity (Wildman–Crippen MR) is 75.3 cm³/mol. The van der Waals surface area contributed by atoms with Crippen molar-refractivity contribution in [2.75, 3.05) is 0 Å². The van der Waals surface area contributed by atoms with Crippen LogP contribution >= 0.6 is 15.9 Å². The molecule has 0 aliphatic heterocycles. The van der Waals surface area contributed by atoms with E-state index in [9.17, 15) is 13.2 Å². The molecule has 8 nitrogen and oxygen atoms in total. The highest BCUT2D eigenvalue weighted by Gasteiger charge is 2.25. The Balaban J connectivity index is 2.23. The number of nitrogens with zero attached hydrogens (tertiary/aromatic N) is 2. The zero-order valence-corrected chi connectivity index (χ0v) is 13.5. The Morgan fingerprint density at radius 3 is 2.71 bits per heavy atom. The maximum atomic E-state index is 12.2. The summed E-state index contributed by atoms with van der Waals surface area (Å²) in [6.45, 7) is 1.86. The summed E-state index contributed by atoms with van der Waals surface area (Å²) in [6.07, 6.45) is 1.56. The van der Waals surface area contributed by atoms with E-state index in [-0.39, 0.29) is 16.1 Å². The number of nitrogens with one attached hydrogen (secondary N) is 1. The molecule has 2 aromatic rings. The second-order valence-corrected chi connectivity index (χ2v) is 6.71. The number of aromatic carboxylic acids is 1. The van der Waals surface area contributed by atoms with Gasteiger partial charge in [0.2, 0.25) is 15.8 Å². The summed E-state index contributed by atoms with van der Waals surface area (Å²) in [5.74, 6) is -1.81. The number of aryl methyl sites for hydroxylation is 1. The van der Waals surface area contributed by atoms with Gasteiger partial charge in [-0.2, -0.15) is 5.10 Å². The fourth-order valence-corrected chi connectivity index (χ4v) is 3.55. The molecule has 2 rings (SSSR count). The van der Waals surface area contributed by atoms with Crippen LogP contribution in [0.3, 0.4) is 0 Å². The first-order valence-corrected chi connectivity index (χ1v) is 7.99. The first-order valence-electron chi connectivity index (χ1n) is 5.72. The molecule has 0 aromatic carbocycles. The van der Waals surface area contributed by atoms with Crippen molar-refractivity contribution in [3.8, 4) is 0 Å². The van der Waals surface area contributed by atoms with Gasteiger partial charge in [0.25, 0.3) is 0 Å². The molecule has 0 saturated carbocycles. The van der Waals surface area contributed by atoms with Crippen LogP contribution in [0.2, 0.25) is 0 Å². The SMILES string of the molecule is Cc1c(CNS(=O)(=O)c2cc(C(=O)O)oc2Br)cnn1C. The van der Waals surface area contributed by atoms with E-state index >= 15 is 0 Å². The minimum atomic E-state index is -3.90. The highest BCUT2D eigenvalue weighted by atomic mass is 79.9. The molecular formula is C11H12BrN3O5S. The number of carboxylic acid groups (broad SMARTS) is 1. The van der Waals surface area contributed by atoms with Crippen molar-refractivity contribution in [2.45, 2.75) is 18.4 Å². The Morgan fingerprint density at radius 2 is 2.24 bits per heavy atom. The van der Waals surface area contributed by atoms with Gasteiger partial charge in [0.05, 0.1) is 6.20 Å². The zero-order valence-electron chi connectivity index (χ0n) is 11.1. The fraction of sp³-hybridized carbons (Fsp3) is 0.273. The quantitative estimate of drug-likeness (QED) is 0.810. The van der Waals surface area contributed by atoms with Crippen LogP contribution in [0.15, 0.2) is 26.2 Å². The number of aromatic nitrogens is 2. The monoisotopic (exact) mass is 377 g/mol. The van der Waals surface area contributed by atoms with Crippen molar-refractivity contribution in [2.24, 2.45) is 7.05 Å². The number of hydrogen-bond donors (Lipinski definition) is 2. The molecule has 0 amide bonds. The van der Waals surface area contributed by atoms with Crippen LogP contribution in [0.5, 0.6) is 0 Å². The second kappa shape index (κ2) is 5.62. The lowest BCUT2D eigenvalue weighted by molar-refractivity contribution is 0.0661. The summed E-state index contributed by atoms with van der Waals surface area (Å²) in [7, 11) is -2.15. The highest BCUT2D eigenvalue weighted by molar-refractivity contribution is 9.10. The van der Waals surface area contributed by atoms with Crippen LogP contribution in [0, 0.1) is 6.92 Å². The molecule has 114 valence electrons. The van der Waals surface area contributed by atoms with E-state index < -0.39 is 21.8 Å². The molecule has 0 spiro atoms. The van der Waals surface area contributed by atoms with Crippen LogP contribution < -0.4 is 4.72 Å². The molecule has 0 unspecified atom stereocenters. The molecule has 2 heterocycles. The first-order chi connectivity index (χ1) is 9.72. The maximum absolute atomic E-state index is 12.2. The summed E-state index contributed by atoms with van der Waals surface area (Å²) in [4.78, 5) is 10.5. The molecule has 0 radical (unpaired) electrons. The van der Waals surface area contributed by atoms with E-state index in [0.29, 0.717) is 0 Å². The lowest BCUT2D eigenvalue weighted by Gasteiger charge is -2.04. The maximum Gasteiger partial charge on any atom is 0.371 e. The van der Waals surface area contributed by atoms with E-state index in [4.69, 9.17) is 9.52 Å². The van der Waals surface area contributed by atoms with Gasteiger partial charge in [-0.3, -0.25) is 4.68 Å². The molecule has 0 aliphatic rings. The fourth-order valence-electron chi connectivity index (χ4n) is 1.61. The van der Waals surface area contributed by atoms with E-state index in [1.165, 1.54) is 0 Å². The van der Waals surface area contributed by atoms with Gasteiger partial charge in [-0.05, 0) is 22.9 Å². The summed E-state index contributed by atoms with van der Waals surface area (Å²) in [5, 5.41) is 12.8. The topological polar surface area (TPSA) is 114 Å². The zero-order chi connectivity index (χ0) is 15.8. The summed E-state index contributed by atoms with van der Waals surface area (Å²) in [5.41, 5.74) is 1.55. The molecule has 0 fully saturated rings. The van der Waals surface area contributed by atoms with Crippen LogP contribution in [-0.2, 0) is 23.6 Å². The number of carbonyl (C=O) groups is 1. The van der Waals surface area contributed by atoms with Gasteiger partial charge in [0, 0.05) is 30.9 Å². The molecule has 0 atom stereocenters. The van der Waals surface area contributed by atoms with Gasteiger partial charge in [-0.25, -0.2) is 17.9 Å². The van der Waals surface area contributed by atoms with Crippen LogP contribution in [0.1, 0.15) is 21.8 Å². The van der Waals surface area contributed by atoms with Gasteiger partial charge >= 0.3 is 5.97 Å². The Bertz CT molecular complexity index is 793. The molecule has 0 aliphatic carbocycles. The Morgan fingerprint density at radius 1 is 1.57 bits per heavy atom. The molecule has 0 saturated heterocycles. The minimum absolute atomic E-state index is 0.0437. The lowest BCUT2D eigenvalue weighted by Crippen LogP contribution is -2.23. The molecule has 2 N–H and O–H groups in total. The lowest BCUT2D eigenvalue weighted by atomic mass is 10.3. The molecule has 0 bridgehead atoms. The smallest absolute Gasteiger partial charge is 0.371 e. The molecule has 21 heavy (non-hydrogen) atoms. The number of furan rings is 1. The van der Waals surface area contributed by atoms with E-state index in [1.807, 2.05) is 6.92 Å². The third-order valence-electron chi connectivity index (χ3n) is 2.95. The van der Waals surface area contributed by atoms with Crippen molar-refractivity contribution < 1.29 is 22.7 Å². The second-order valence-electron chi connectivity index (χ2n) is 4.26. The number of rotatable bonds is 5. The summed E-state index contributed by atoms with van der Waals surface area (Å²) in [6, 6.07) is 0.949. The Kier molecular flexibility index (Phi) is 4.21. The first kappa shape index (κ1) is 15.7. The number of halogens is 1. The average molecular weight is 378 g/mol.